The number of hydrogen-bond acceptors (Lipinski definition) is 1. The molecule has 88 valence electrons. The van der Waals surface area contributed by atoms with Gasteiger partial charge in [0.2, 0.25) is 0 Å². The number of hydrogen-bond donors (Lipinski definition) is 1. The molecule has 1 nitrogen and oxygen atoms in total. The van der Waals surface area contributed by atoms with E-state index in [1.807, 2.05) is 6.08 Å². The molecule has 0 radical (unpaired) electrons. The minimum Gasteiger partial charge on any atom is -0.313 e. The molecular formula is C15H23N. The summed E-state index contributed by atoms with van der Waals surface area (Å²) in [6.45, 7) is 7.97. The molecule has 0 bridgehead atoms. The van der Waals surface area contributed by atoms with Gasteiger partial charge in [-0.25, -0.2) is 0 Å². The highest BCUT2D eigenvalue weighted by Crippen LogP contribution is 2.03. The highest BCUT2D eigenvalue weighted by molar-refractivity contribution is 5.21. The third-order valence-corrected chi connectivity index (χ3v) is 2.67. The van der Waals surface area contributed by atoms with Crippen molar-refractivity contribution in [2.24, 2.45) is 0 Å². The first kappa shape index (κ1) is 13.0. The van der Waals surface area contributed by atoms with E-state index in [0.29, 0.717) is 0 Å². The SMILES string of the molecule is C=CCCCCCNCc1cccc(C)c1. The lowest BCUT2D eigenvalue weighted by molar-refractivity contribution is 0.606. The Morgan fingerprint density at radius 2 is 2.12 bits per heavy atom. The minimum atomic E-state index is 0.989. The standard InChI is InChI=1S/C15H23N/c1-3-4-5-6-7-11-16-13-15-10-8-9-14(2)12-15/h3,8-10,12,16H,1,4-7,11,13H2,2H3. The van der Waals surface area contributed by atoms with Crippen LogP contribution >= 0.6 is 0 Å². The van der Waals surface area contributed by atoms with Gasteiger partial charge in [-0.2, -0.15) is 0 Å². The smallest absolute Gasteiger partial charge is 0.0205 e. The number of rotatable bonds is 8. The summed E-state index contributed by atoms with van der Waals surface area (Å²) >= 11 is 0. The Bertz CT molecular complexity index is 304. The molecule has 1 rings (SSSR count). The average molecular weight is 217 g/mol. The minimum absolute atomic E-state index is 0.989. The summed E-state index contributed by atoms with van der Waals surface area (Å²) in [5, 5.41) is 3.48. The van der Waals surface area contributed by atoms with E-state index in [0.717, 1.165) is 19.5 Å². The largest absolute Gasteiger partial charge is 0.313 e. The van der Waals surface area contributed by atoms with E-state index < -0.39 is 0 Å². The number of nitrogens with one attached hydrogen (secondary N) is 1. The molecule has 0 amide bonds. The van der Waals surface area contributed by atoms with Crippen molar-refractivity contribution < 1.29 is 0 Å². The summed E-state index contributed by atoms with van der Waals surface area (Å²) in [6.07, 6.45) is 6.99. The van der Waals surface area contributed by atoms with Gasteiger partial charge in [-0.05, 0) is 38.3 Å². The molecule has 0 atom stereocenters. The third-order valence-electron chi connectivity index (χ3n) is 2.67. The first-order chi connectivity index (χ1) is 7.83. The van der Waals surface area contributed by atoms with Crippen molar-refractivity contribution in [3.8, 4) is 0 Å². The van der Waals surface area contributed by atoms with Gasteiger partial charge >= 0.3 is 0 Å². The van der Waals surface area contributed by atoms with Gasteiger partial charge in [0.1, 0.15) is 0 Å². The van der Waals surface area contributed by atoms with Crippen LogP contribution in [-0.4, -0.2) is 6.54 Å². The maximum absolute atomic E-state index is 3.73. The van der Waals surface area contributed by atoms with E-state index in [2.05, 4.69) is 43.1 Å². The maximum Gasteiger partial charge on any atom is 0.0205 e. The van der Waals surface area contributed by atoms with E-state index in [-0.39, 0.29) is 0 Å². The summed E-state index contributed by atoms with van der Waals surface area (Å²) in [7, 11) is 0. The van der Waals surface area contributed by atoms with Crippen LogP contribution in [0.5, 0.6) is 0 Å². The zero-order valence-electron chi connectivity index (χ0n) is 10.3. The van der Waals surface area contributed by atoms with Crippen LogP contribution in [0.25, 0.3) is 0 Å². The fourth-order valence-electron chi connectivity index (χ4n) is 1.77. The first-order valence-electron chi connectivity index (χ1n) is 6.20. The van der Waals surface area contributed by atoms with Crippen LogP contribution in [0.2, 0.25) is 0 Å². The quantitative estimate of drug-likeness (QED) is 0.515. The Hall–Kier alpha value is -1.08. The van der Waals surface area contributed by atoms with Crippen LogP contribution in [0, 0.1) is 6.92 Å². The summed E-state index contributed by atoms with van der Waals surface area (Å²) < 4.78 is 0. The monoisotopic (exact) mass is 217 g/mol. The third kappa shape index (κ3) is 5.72. The average Bonchev–Trinajstić information content (AvgIpc) is 2.28. The molecule has 1 aromatic carbocycles. The van der Waals surface area contributed by atoms with Gasteiger partial charge in [-0.1, -0.05) is 42.3 Å². The van der Waals surface area contributed by atoms with Crippen molar-refractivity contribution in [3.05, 3.63) is 48.0 Å². The molecule has 16 heavy (non-hydrogen) atoms. The van der Waals surface area contributed by atoms with E-state index in [1.165, 1.54) is 30.4 Å². The molecule has 0 spiro atoms. The number of allylic oxidation sites excluding steroid dienone is 1. The van der Waals surface area contributed by atoms with Crippen LogP contribution in [0.3, 0.4) is 0 Å². The zero-order valence-corrected chi connectivity index (χ0v) is 10.3. The summed E-state index contributed by atoms with van der Waals surface area (Å²) in [4.78, 5) is 0. The van der Waals surface area contributed by atoms with Crippen LogP contribution in [0.1, 0.15) is 36.8 Å². The van der Waals surface area contributed by atoms with Crippen molar-refractivity contribution in [3.63, 3.8) is 0 Å². The highest BCUT2D eigenvalue weighted by Gasteiger charge is 1.93. The molecule has 0 aromatic heterocycles. The Kier molecular flexibility index (Phi) is 6.59. The van der Waals surface area contributed by atoms with Crippen molar-refractivity contribution in [1.82, 2.24) is 5.32 Å². The summed E-state index contributed by atoms with van der Waals surface area (Å²) in [5.74, 6) is 0. The van der Waals surface area contributed by atoms with Gasteiger partial charge in [-0.3, -0.25) is 0 Å². The second-order valence-electron chi connectivity index (χ2n) is 4.30. The fourth-order valence-corrected chi connectivity index (χ4v) is 1.77. The van der Waals surface area contributed by atoms with Crippen molar-refractivity contribution in [2.45, 2.75) is 39.2 Å². The van der Waals surface area contributed by atoms with Gasteiger partial charge in [0.25, 0.3) is 0 Å². The zero-order chi connectivity index (χ0) is 11.6. The molecule has 0 heterocycles. The van der Waals surface area contributed by atoms with Gasteiger partial charge in [0.15, 0.2) is 0 Å². The van der Waals surface area contributed by atoms with Crippen LogP contribution in [0.4, 0.5) is 0 Å². The lowest BCUT2D eigenvalue weighted by atomic mass is 10.1. The maximum atomic E-state index is 3.73. The number of benzene rings is 1. The van der Waals surface area contributed by atoms with Gasteiger partial charge < -0.3 is 5.32 Å². The van der Waals surface area contributed by atoms with Crippen molar-refractivity contribution in [2.75, 3.05) is 6.54 Å². The molecule has 1 heteroatoms. The second-order valence-corrected chi connectivity index (χ2v) is 4.30. The molecule has 0 aliphatic carbocycles. The Morgan fingerprint density at radius 1 is 1.25 bits per heavy atom. The van der Waals surface area contributed by atoms with Crippen molar-refractivity contribution >= 4 is 0 Å². The lowest BCUT2D eigenvalue weighted by Crippen LogP contribution is -2.14. The Morgan fingerprint density at radius 3 is 2.88 bits per heavy atom. The van der Waals surface area contributed by atoms with Gasteiger partial charge in [0, 0.05) is 6.54 Å². The van der Waals surface area contributed by atoms with E-state index >= 15 is 0 Å². The van der Waals surface area contributed by atoms with E-state index in [1.54, 1.807) is 0 Å². The number of unbranched alkanes of at least 4 members (excludes halogenated alkanes) is 3. The Labute approximate surface area is 99.6 Å². The lowest BCUT2D eigenvalue weighted by Gasteiger charge is -2.05. The molecule has 0 unspecified atom stereocenters. The molecule has 0 fully saturated rings. The predicted octanol–water partition coefficient (Wildman–Crippen LogP) is 3.83. The van der Waals surface area contributed by atoms with Crippen LogP contribution in [0.15, 0.2) is 36.9 Å². The van der Waals surface area contributed by atoms with Gasteiger partial charge in [-0.15, -0.1) is 6.58 Å². The second kappa shape index (κ2) is 8.12. The predicted molar refractivity (Wildman–Crippen MR) is 71.6 cm³/mol. The molecule has 1 N–H and O–H groups in total. The summed E-state index contributed by atoms with van der Waals surface area (Å²) in [6, 6.07) is 8.68. The fraction of sp³-hybridized carbons (Fsp3) is 0.467. The van der Waals surface area contributed by atoms with Crippen LogP contribution in [-0.2, 0) is 6.54 Å². The highest BCUT2D eigenvalue weighted by atomic mass is 14.8. The first-order valence-corrected chi connectivity index (χ1v) is 6.20. The molecule has 0 aliphatic heterocycles. The molecular weight excluding hydrogens is 194 g/mol. The molecule has 0 saturated heterocycles. The van der Waals surface area contributed by atoms with E-state index in [9.17, 15) is 0 Å². The molecule has 1 aromatic rings. The summed E-state index contributed by atoms with van der Waals surface area (Å²) in [5.41, 5.74) is 2.72. The Balaban J connectivity index is 2.05. The van der Waals surface area contributed by atoms with Crippen LogP contribution < -0.4 is 5.32 Å². The number of aryl methyl sites for hydroxylation is 1. The molecule has 0 aliphatic rings. The van der Waals surface area contributed by atoms with Gasteiger partial charge in [0.05, 0.1) is 0 Å². The van der Waals surface area contributed by atoms with E-state index in [4.69, 9.17) is 0 Å². The van der Waals surface area contributed by atoms with Crippen molar-refractivity contribution in [1.29, 1.82) is 0 Å². The normalized spacial score (nSPS) is 10.3. The molecule has 0 saturated carbocycles. The topological polar surface area (TPSA) is 12.0 Å².